The first-order valence-electron chi connectivity index (χ1n) is 6.30. The molecule has 0 aromatic carbocycles. The minimum absolute atomic E-state index is 0.799. The van der Waals surface area contributed by atoms with Crippen molar-refractivity contribution in [3.8, 4) is 0 Å². The molecule has 1 aliphatic rings. The van der Waals surface area contributed by atoms with Crippen LogP contribution >= 0.6 is 15.2 Å². The van der Waals surface area contributed by atoms with Crippen LogP contribution < -0.4 is 5.32 Å². The molecule has 1 saturated heterocycles. The van der Waals surface area contributed by atoms with Crippen molar-refractivity contribution >= 4 is 21.1 Å². The first-order chi connectivity index (χ1) is 10.3. The Labute approximate surface area is 130 Å². The van der Waals surface area contributed by atoms with Crippen LogP contribution in [0, 0.1) is 0 Å². The van der Waals surface area contributed by atoms with Crippen molar-refractivity contribution in [1.82, 2.24) is 5.32 Å². The molecule has 0 aliphatic carbocycles. The van der Waals surface area contributed by atoms with Crippen LogP contribution in [-0.2, 0) is 18.7 Å². The maximum atomic E-state index is 11.5. The van der Waals surface area contributed by atoms with E-state index < -0.39 is 63.6 Å². The standard InChI is InChI=1S/C9H19NO11P2/c1-3(12)10-5-7(14)6(13)4(2-11)21-8(5)9(22(15,16)17)23(18,19)20/h4-9,11,13-14H,2H2,1H3,(H,10,12)(H2,15,16,17)(H2,18,19,20)/t4-,5+,6+,7-,8-/m1/s1. The number of aliphatic hydroxyl groups is 3. The van der Waals surface area contributed by atoms with Gasteiger partial charge in [-0.1, -0.05) is 0 Å². The van der Waals surface area contributed by atoms with Crippen molar-refractivity contribution in [2.24, 2.45) is 0 Å². The number of hydrogen-bond acceptors (Lipinski definition) is 7. The van der Waals surface area contributed by atoms with Gasteiger partial charge in [-0.05, 0) is 0 Å². The average Bonchev–Trinajstić information content (AvgIpc) is 2.34. The molecular formula is C9H19NO11P2. The molecule has 1 fully saturated rings. The summed E-state index contributed by atoms with van der Waals surface area (Å²) in [5.74, 6) is -0.799. The summed E-state index contributed by atoms with van der Waals surface area (Å²) in [7, 11) is -10.9. The molecule has 1 aliphatic heterocycles. The smallest absolute Gasteiger partial charge is 0.343 e. The van der Waals surface area contributed by atoms with Gasteiger partial charge in [-0.25, -0.2) is 0 Å². The van der Waals surface area contributed by atoms with E-state index in [2.05, 4.69) is 0 Å². The summed E-state index contributed by atoms with van der Waals surface area (Å²) < 4.78 is 28.0. The molecule has 14 heteroatoms. The molecular weight excluding hydrogens is 360 g/mol. The van der Waals surface area contributed by atoms with Gasteiger partial charge in [-0.15, -0.1) is 0 Å². The number of aliphatic hydroxyl groups excluding tert-OH is 3. The van der Waals surface area contributed by atoms with Crippen LogP contribution in [-0.4, -0.2) is 83.3 Å². The Morgan fingerprint density at radius 2 is 1.61 bits per heavy atom. The maximum Gasteiger partial charge on any atom is 0.343 e. The molecule has 1 amide bonds. The second-order valence-corrected chi connectivity index (χ2v) is 9.00. The zero-order valence-corrected chi connectivity index (χ0v) is 13.6. The Morgan fingerprint density at radius 3 is 1.96 bits per heavy atom. The van der Waals surface area contributed by atoms with Gasteiger partial charge in [0.15, 0.2) is 5.40 Å². The van der Waals surface area contributed by atoms with Gasteiger partial charge in [0.2, 0.25) is 5.91 Å². The predicted octanol–water partition coefficient (Wildman–Crippen LogP) is -3.35. The van der Waals surface area contributed by atoms with E-state index in [1.165, 1.54) is 0 Å². The fourth-order valence-electron chi connectivity index (χ4n) is 2.38. The van der Waals surface area contributed by atoms with Crippen LogP contribution in [0.4, 0.5) is 0 Å². The monoisotopic (exact) mass is 379 g/mol. The molecule has 23 heavy (non-hydrogen) atoms. The Balaban J connectivity index is 3.36. The van der Waals surface area contributed by atoms with Gasteiger partial charge in [0.25, 0.3) is 0 Å². The normalized spacial score (nSPS) is 32.8. The number of amides is 1. The van der Waals surface area contributed by atoms with Crippen molar-refractivity contribution < 1.29 is 53.6 Å². The van der Waals surface area contributed by atoms with Gasteiger partial charge in [-0.2, -0.15) is 0 Å². The van der Waals surface area contributed by atoms with Crippen LogP contribution in [0.15, 0.2) is 0 Å². The van der Waals surface area contributed by atoms with Gasteiger partial charge < -0.3 is 44.9 Å². The SMILES string of the molecule is CC(=O)N[C@H]1[C@@H](O)[C@@H](O)[C@@H](CO)O[C@H]1C(P(=O)(O)O)P(=O)(O)O. The molecule has 12 nitrogen and oxygen atoms in total. The summed E-state index contributed by atoms with van der Waals surface area (Å²) in [5.41, 5.74) is 0. The van der Waals surface area contributed by atoms with Crippen LogP contribution in [0.25, 0.3) is 0 Å². The predicted molar refractivity (Wildman–Crippen MR) is 73.2 cm³/mol. The van der Waals surface area contributed by atoms with Gasteiger partial charge in [0.1, 0.15) is 24.4 Å². The molecule has 0 unspecified atom stereocenters. The summed E-state index contributed by atoms with van der Waals surface area (Å²) in [6.07, 6.45) is -7.23. The van der Waals surface area contributed by atoms with Crippen LogP contribution in [0.5, 0.6) is 0 Å². The van der Waals surface area contributed by atoms with Gasteiger partial charge in [0, 0.05) is 6.92 Å². The Hall–Kier alpha value is -0.390. The van der Waals surface area contributed by atoms with E-state index in [0.717, 1.165) is 6.92 Å². The summed E-state index contributed by atoms with van der Waals surface area (Å²) in [5, 5.41) is 28.2. The topological polar surface area (TPSA) is 214 Å². The summed E-state index contributed by atoms with van der Waals surface area (Å²) >= 11 is 0. The summed E-state index contributed by atoms with van der Waals surface area (Å²) in [6.45, 7) is 0.0921. The molecule has 1 heterocycles. The van der Waals surface area contributed by atoms with Crippen molar-refractivity contribution in [3.63, 3.8) is 0 Å². The number of rotatable bonds is 5. The van der Waals surface area contributed by atoms with Crippen molar-refractivity contribution in [2.45, 2.75) is 42.8 Å². The third-order valence-corrected chi connectivity index (χ3v) is 7.09. The molecule has 0 aromatic rings. The third-order valence-electron chi connectivity index (χ3n) is 3.32. The van der Waals surface area contributed by atoms with E-state index in [1.807, 2.05) is 5.32 Å². The quantitative estimate of drug-likeness (QED) is 0.221. The van der Waals surface area contributed by atoms with E-state index in [-0.39, 0.29) is 0 Å². The number of ether oxygens (including phenoxy) is 1. The lowest BCUT2D eigenvalue weighted by atomic mass is 9.93. The molecule has 8 N–H and O–H groups in total. The first-order valence-corrected chi connectivity index (χ1v) is 9.67. The molecule has 5 atom stereocenters. The summed E-state index contributed by atoms with van der Waals surface area (Å²) in [6, 6.07) is -1.71. The van der Waals surface area contributed by atoms with Gasteiger partial charge in [-0.3, -0.25) is 13.9 Å². The number of hydrogen-bond donors (Lipinski definition) is 8. The number of carbonyl (C=O) groups excluding carboxylic acids is 1. The van der Waals surface area contributed by atoms with Gasteiger partial charge in [0.05, 0.1) is 12.6 Å². The zero-order chi connectivity index (χ0) is 18.2. The molecule has 0 aromatic heterocycles. The Morgan fingerprint density at radius 1 is 1.13 bits per heavy atom. The van der Waals surface area contributed by atoms with E-state index in [1.54, 1.807) is 0 Å². The molecule has 0 spiro atoms. The van der Waals surface area contributed by atoms with E-state index >= 15 is 0 Å². The van der Waals surface area contributed by atoms with Crippen molar-refractivity contribution in [3.05, 3.63) is 0 Å². The Kier molecular flexibility index (Phi) is 6.50. The summed E-state index contributed by atoms with van der Waals surface area (Å²) in [4.78, 5) is 48.2. The third kappa shape index (κ3) is 4.80. The van der Waals surface area contributed by atoms with Crippen LogP contribution in [0.3, 0.4) is 0 Å². The number of nitrogens with one attached hydrogen (secondary N) is 1. The van der Waals surface area contributed by atoms with Crippen LogP contribution in [0.1, 0.15) is 6.92 Å². The minimum atomic E-state index is -5.44. The van der Waals surface area contributed by atoms with Gasteiger partial charge >= 0.3 is 15.2 Å². The number of carbonyl (C=O) groups is 1. The van der Waals surface area contributed by atoms with E-state index in [9.17, 15) is 43.7 Å². The molecule has 0 saturated carbocycles. The molecule has 0 radical (unpaired) electrons. The van der Waals surface area contributed by atoms with E-state index in [4.69, 9.17) is 9.84 Å². The highest BCUT2D eigenvalue weighted by Gasteiger charge is 2.57. The minimum Gasteiger partial charge on any atom is -0.394 e. The highest BCUT2D eigenvalue weighted by molar-refractivity contribution is 7.71. The largest absolute Gasteiger partial charge is 0.394 e. The highest BCUT2D eigenvalue weighted by atomic mass is 31.2. The molecule has 1 rings (SSSR count). The zero-order valence-electron chi connectivity index (χ0n) is 11.8. The lowest BCUT2D eigenvalue weighted by molar-refractivity contribution is -0.193. The van der Waals surface area contributed by atoms with E-state index in [0.29, 0.717) is 0 Å². The second-order valence-electron chi connectivity index (χ2n) is 5.12. The lowest BCUT2D eigenvalue weighted by Gasteiger charge is -2.45. The maximum absolute atomic E-state index is 11.5. The van der Waals surface area contributed by atoms with Crippen molar-refractivity contribution in [1.29, 1.82) is 0 Å². The first kappa shape index (κ1) is 20.7. The van der Waals surface area contributed by atoms with Crippen molar-refractivity contribution in [2.75, 3.05) is 6.61 Å². The highest BCUT2D eigenvalue weighted by Crippen LogP contribution is 2.62. The molecule has 0 bridgehead atoms. The Bertz CT molecular complexity index is 508. The van der Waals surface area contributed by atoms with Crippen LogP contribution in [0.2, 0.25) is 0 Å². The molecule has 136 valence electrons. The second kappa shape index (κ2) is 7.24. The fraction of sp³-hybridized carbons (Fsp3) is 0.889. The lowest BCUT2D eigenvalue weighted by Crippen LogP contribution is -2.66. The average molecular weight is 379 g/mol. The fourth-order valence-corrected chi connectivity index (χ4v) is 5.23.